The highest BCUT2D eigenvalue weighted by Crippen LogP contribution is 2.65. The molecule has 7 heteroatoms. The average Bonchev–Trinajstić information content (AvgIpc) is 3.44. The third-order valence-electron chi connectivity index (χ3n) is 5.39. The van der Waals surface area contributed by atoms with E-state index in [9.17, 15) is 14.4 Å². The van der Waals surface area contributed by atoms with Crippen LogP contribution >= 0.6 is 0 Å². The standard InChI is InChI=1S/C21H19NO6/c1-26-19(24)15-16(20(25)27-2)21(15)17(28-14-11-7-4-8-12-14)18(23)22(21)13-9-5-3-6-10-13/h3-12,15-17H,1-2H3/t15-,16+,17-,21?/m1/s1. The van der Waals surface area contributed by atoms with Gasteiger partial charge in [-0.15, -0.1) is 0 Å². The Bertz CT molecular complexity index is 891. The van der Waals surface area contributed by atoms with E-state index >= 15 is 0 Å². The van der Waals surface area contributed by atoms with Gasteiger partial charge in [0.15, 0.2) is 0 Å². The van der Waals surface area contributed by atoms with Crippen LogP contribution in [0.4, 0.5) is 5.69 Å². The highest BCUT2D eigenvalue weighted by molar-refractivity contribution is 6.14. The van der Waals surface area contributed by atoms with Crippen LogP contribution in [0.1, 0.15) is 0 Å². The van der Waals surface area contributed by atoms with Crippen LogP contribution in [0.5, 0.6) is 5.75 Å². The summed E-state index contributed by atoms with van der Waals surface area (Å²) < 4.78 is 15.8. The molecule has 1 heterocycles. The van der Waals surface area contributed by atoms with Crippen molar-refractivity contribution in [3.63, 3.8) is 0 Å². The number of hydrogen-bond donors (Lipinski definition) is 0. The van der Waals surface area contributed by atoms with Crippen LogP contribution in [0.25, 0.3) is 0 Å². The summed E-state index contributed by atoms with van der Waals surface area (Å²) in [5.41, 5.74) is -0.588. The summed E-state index contributed by atoms with van der Waals surface area (Å²) >= 11 is 0. The van der Waals surface area contributed by atoms with Crippen LogP contribution in [0.2, 0.25) is 0 Å². The van der Waals surface area contributed by atoms with Crippen molar-refractivity contribution in [2.24, 2.45) is 11.8 Å². The fraction of sp³-hybridized carbons (Fsp3) is 0.286. The first kappa shape index (κ1) is 18.0. The minimum Gasteiger partial charge on any atom is -0.478 e. The molecule has 2 aromatic carbocycles. The summed E-state index contributed by atoms with van der Waals surface area (Å²) in [6, 6.07) is 17.7. The number of ether oxygens (including phenoxy) is 3. The van der Waals surface area contributed by atoms with Crippen molar-refractivity contribution in [2.75, 3.05) is 19.1 Å². The van der Waals surface area contributed by atoms with Gasteiger partial charge in [0.05, 0.1) is 14.2 Å². The molecule has 1 amide bonds. The number of para-hydroxylation sites is 2. The van der Waals surface area contributed by atoms with Crippen LogP contribution in [0, 0.1) is 11.8 Å². The number of anilines is 1. The molecule has 144 valence electrons. The van der Waals surface area contributed by atoms with Crippen LogP contribution in [0.15, 0.2) is 60.7 Å². The predicted molar refractivity (Wildman–Crippen MR) is 98.5 cm³/mol. The lowest BCUT2D eigenvalue weighted by atomic mass is 9.89. The summed E-state index contributed by atoms with van der Waals surface area (Å²) in [7, 11) is 2.51. The van der Waals surface area contributed by atoms with E-state index in [1.165, 1.54) is 19.1 Å². The van der Waals surface area contributed by atoms with Crippen molar-refractivity contribution < 1.29 is 28.6 Å². The van der Waals surface area contributed by atoms with Gasteiger partial charge in [0, 0.05) is 5.69 Å². The van der Waals surface area contributed by atoms with E-state index in [4.69, 9.17) is 14.2 Å². The molecule has 4 atom stereocenters. The molecule has 2 fully saturated rings. The second-order valence-corrected chi connectivity index (χ2v) is 6.71. The van der Waals surface area contributed by atoms with Gasteiger partial charge in [-0.25, -0.2) is 0 Å². The van der Waals surface area contributed by atoms with Crippen LogP contribution < -0.4 is 9.64 Å². The van der Waals surface area contributed by atoms with Crippen molar-refractivity contribution in [3.05, 3.63) is 60.7 Å². The Hall–Kier alpha value is -3.35. The zero-order valence-corrected chi connectivity index (χ0v) is 15.4. The lowest BCUT2D eigenvalue weighted by Crippen LogP contribution is -2.72. The third-order valence-corrected chi connectivity index (χ3v) is 5.39. The van der Waals surface area contributed by atoms with Crippen molar-refractivity contribution in [2.45, 2.75) is 11.6 Å². The molecule has 1 saturated heterocycles. The molecule has 0 bridgehead atoms. The number of hydrogen-bond acceptors (Lipinski definition) is 6. The monoisotopic (exact) mass is 381 g/mol. The molecule has 4 rings (SSSR count). The fourth-order valence-corrected chi connectivity index (χ4v) is 4.17. The van der Waals surface area contributed by atoms with E-state index < -0.39 is 35.4 Å². The molecule has 1 unspecified atom stereocenters. The quantitative estimate of drug-likeness (QED) is 0.580. The maximum absolute atomic E-state index is 13.0. The summed E-state index contributed by atoms with van der Waals surface area (Å²) in [5.74, 6) is -2.73. The van der Waals surface area contributed by atoms with Crippen molar-refractivity contribution >= 4 is 23.5 Å². The molecule has 1 saturated carbocycles. The van der Waals surface area contributed by atoms with Crippen molar-refractivity contribution in [1.82, 2.24) is 0 Å². The second kappa shape index (κ2) is 6.67. The Morgan fingerprint density at radius 1 is 0.857 bits per heavy atom. The number of benzene rings is 2. The topological polar surface area (TPSA) is 82.1 Å². The van der Waals surface area contributed by atoms with Crippen molar-refractivity contribution in [1.29, 1.82) is 0 Å². The fourth-order valence-electron chi connectivity index (χ4n) is 4.17. The van der Waals surface area contributed by atoms with Gasteiger partial charge in [-0.2, -0.15) is 0 Å². The SMILES string of the molecule is COC(=O)[C@@H]1[C@H](C(=O)OC)C12[C@H](Oc1ccccc1)C(=O)N2c1ccccc1. The molecular weight excluding hydrogens is 362 g/mol. The van der Waals surface area contributed by atoms with Crippen molar-refractivity contribution in [3.8, 4) is 5.75 Å². The first-order valence-electron chi connectivity index (χ1n) is 8.83. The van der Waals surface area contributed by atoms with E-state index in [-0.39, 0.29) is 5.91 Å². The summed E-state index contributed by atoms with van der Waals surface area (Å²) in [4.78, 5) is 39.4. The van der Waals surface area contributed by atoms with Crippen LogP contribution in [0.3, 0.4) is 0 Å². The molecule has 1 aliphatic heterocycles. The molecule has 0 radical (unpaired) electrons. The average molecular weight is 381 g/mol. The van der Waals surface area contributed by atoms with Gasteiger partial charge in [0.2, 0.25) is 6.10 Å². The van der Waals surface area contributed by atoms with E-state index in [0.29, 0.717) is 11.4 Å². The largest absolute Gasteiger partial charge is 0.478 e. The predicted octanol–water partition coefficient (Wildman–Crippen LogP) is 1.81. The number of carbonyl (C=O) groups excluding carboxylic acids is 3. The number of amides is 1. The zero-order chi connectivity index (χ0) is 19.9. The Balaban J connectivity index is 1.78. The van der Waals surface area contributed by atoms with E-state index in [2.05, 4.69) is 0 Å². The Morgan fingerprint density at radius 2 is 1.36 bits per heavy atom. The minimum atomic E-state index is -1.17. The summed E-state index contributed by atoms with van der Waals surface area (Å²) in [5, 5.41) is 0. The van der Waals surface area contributed by atoms with Gasteiger partial charge in [-0.1, -0.05) is 36.4 Å². The molecular formula is C21H19NO6. The Kier molecular flexibility index (Phi) is 4.30. The van der Waals surface area contributed by atoms with Gasteiger partial charge < -0.3 is 14.2 Å². The molecule has 1 spiro atoms. The van der Waals surface area contributed by atoms with Gasteiger partial charge >= 0.3 is 11.9 Å². The summed E-state index contributed by atoms with van der Waals surface area (Å²) in [6.07, 6.45) is -0.997. The Morgan fingerprint density at radius 3 is 1.86 bits per heavy atom. The number of rotatable bonds is 5. The number of methoxy groups -OCH3 is 2. The maximum atomic E-state index is 13.0. The first-order valence-corrected chi connectivity index (χ1v) is 8.83. The molecule has 0 N–H and O–H groups in total. The van der Waals surface area contributed by atoms with Crippen LogP contribution in [-0.2, 0) is 23.9 Å². The van der Waals surface area contributed by atoms with Gasteiger partial charge in [0.1, 0.15) is 23.1 Å². The molecule has 2 aliphatic rings. The smallest absolute Gasteiger partial charge is 0.312 e. The zero-order valence-electron chi connectivity index (χ0n) is 15.4. The molecule has 1 aliphatic carbocycles. The van der Waals surface area contributed by atoms with E-state index in [1.54, 1.807) is 48.5 Å². The number of carbonyl (C=O) groups is 3. The minimum absolute atomic E-state index is 0.324. The van der Waals surface area contributed by atoms with Gasteiger partial charge in [-0.3, -0.25) is 19.3 Å². The molecule has 28 heavy (non-hydrogen) atoms. The normalized spacial score (nSPS) is 27.7. The third kappa shape index (κ3) is 2.39. The van der Waals surface area contributed by atoms with E-state index in [1.807, 2.05) is 12.1 Å². The lowest BCUT2D eigenvalue weighted by Gasteiger charge is -2.48. The molecule has 0 aromatic heterocycles. The lowest BCUT2D eigenvalue weighted by molar-refractivity contribution is -0.148. The number of β-lactam (4-membered cyclic amide) rings is 1. The highest BCUT2D eigenvalue weighted by atomic mass is 16.5. The van der Waals surface area contributed by atoms with Crippen LogP contribution in [-0.4, -0.2) is 43.7 Å². The second-order valence-electron chi connectivity index (χ2n) is 6.71. The number of esters is 2. The maximum Gasteiger partial charge on any atom is 0.312 e. The molecule has 7 nitrogen and oxygen atoms in total. The first-order chi connectivity index (χ1) is 13.6. The van der Waals surface area contributed by atoms with Gasteiger partial charge in [-0.05, 0) is 24.3 Å². The summed E-state index contributed by atoms with van der Waals surface area (Å²) in [6.45, 7) is 0. The Labute approximate surface area is 161 Å². The van der Waals surface area contributed by atoms with E-state index in [0.717, 1.165) is 0 Å². The van der Waals surface area contributed by atoms with Gasteiger partial charge in [0.25, 0.3) is 5.91 Å². The number of nitrogens with zero attached hydrogens (tertiary/aromatic N) is 1. The highest BCUT2D eigenvalue weighted by Gasteiger charge is 2.88. The molecule has 2 aromatic rings.